The standard InChI is InChI=1S/C26H34N2O3/c1-20-19-31-25-9-8-24(30-2)17-23(25)18-28(20)26(29)12-15-27-13-10-22(11-14-27)16-21-6-4-3-5-7-21/h3-9,17,20,22H,10-16,18-19H2,1-2H3. The predicted octanol–water partition coefficient (Wildman–Crippen LogP) is 4.15. The van der Waals surface area contributed by atoms with Gasteiger partial charge in [-0.25, -0.2) is 0 Å². The third-order valence-corrected chi connectivity index (χ3v) is 6.66. The second-order valence-corrected chi connectivity index (χ2v) is 8.88. The molecule has 0 aliphatic carbocycles. The Morgan fingerprint density at radius 2 is 1.90 bits per heavy atom. The number of ether oxygens (including phenoxy) is 2. The highest BCUT2D eigenvalue weighted by Gasteiger charge is 2.27. The Balaban J connectivity index is 1.27. The molecule has 2 aromatic carbocycles. The highest BCUT2D eigenvalue weighted by molar-refractivity contribution is 5.77. The third kappa shape index (κ3) is 5.59. The fourth-order valence-electron chi connectivity index (χ4n) is 4.68. The van der Waals surface area contributed by atoms with Gasteiger partial charge in [0.15, 0.2) is 0 Å². The Bertz CT molecular complexity index is 862. The van der Waals surface area contributed by atoms with E-state index in [9.17, 15) is 4.79 Å². The SMILES string of the molecule is COc1ccc2c(c1)CN(C(=O)CCN1CCC(Cc3ccccc3)CC1)C(C)CO2. The van der Waals surface area contributed by atoms with Crippen LogP contribution in [0.5, 0.6) is 11.5 Å². The summed E-state index contributed by atoms with van der Waals surface area (Å²) in [4.78, 5) is 17.5. The number of amides is 1. The minimum Gasteiger partial charge on any atom is -0.497 e. The van der Waals surface area contributed by atoms with E-state index in [4.69, 9.17) is 9.47 Å². The molecule has 5 nitrogen and oxygen atoms in total. The van der Waals surface area contributed by atoms with Crippen LogP contribution in [-0.4, -0.2) is 55.1 Å². The smallest absolute Gasteiger partial charge is 0.224 e. The van der Waals surface area contributed by atoms with Crippen molar-refractivity contribution in [1.29, 1.82) is 0 Å². The van der Waals surface area contributed by atoms with Gasteiger partial charge in [-0.2, -0.15) is 0 Å². The van der Waals surface area contributed by atoms with Crippen LogP contribution in [0.25, 0.3) is 0 Å². The molecule has 1 saturated heterocycles. The molecular formula is C26H34N2O3. The first-order valence-corrected chi connectivity index (χ1v) is 11.5. The minimum absolute atomic E-state index is 0.0579. The van der Waals surface area contributed by atoms with Crippen LogP contribution in [0.3, 0.4) is 0 Å². The van der Waals surface area contributed by atoms with Crippen molar-refractivity contribution < 1.29 is 14.3 Å². The average molecular weight is 423 g/mol. The molecule has 0 aromatic heterocycles. The van der Waals surface area contributed by atoms with Gasteiger partial charge in [-0.1, -0.05) is 30.3 Å². The molecule has 166 valence electrons. The summed E-state index contributed by atoms with van der Waals surface area (Å²) in [6.45, 7) is 6.18. The molecule has 2 heterocycles. The Hall–Kier alpha value is -2.53. The third-order valence-electron chi connectivity index (χ3n) is 6.66. The lowest BCUT2D eigenvalue weighted by Crippen LogP contribution is -2.42. The molecule has 0 spiro atoms. The summed E-state index contributed by atoms with van der Waals surface area (Å²) in [5, 5.41) is 0. The lowest BCUT2D eigenvalue weighted by molar-refractivity contribution is -0.134. The quantitative estimate of drug-likeness (QED) is 0.701. The van der Waals surface area contributed by atoms with Gasteiger partial charge in [0, 0.05) is 25.1 Å². The first-order chi connectivity index (χ1) is 15.1. The minimum atomic E-state index is 0.0579. The van der Waals surface area contributed by atoms with E-state index in [1.54, 1.807) is 7.11 Å². The number of carbonyl (C=O) groups is 1. The summed E-state index contributed by atoms with van der Waals surface area (Å²) >= 11 is 0. The Labute approximate surface area is 185 Å². The van der Waals surface area contributed by atoms with Gasteiger partial charge in [-0.15, -0.1) is 0 Å². The van der Waals surface area contributed by atoms with Gasteiger partial charge >= 0.3 is 0 Å². The zero-order chi connectivity index (χ0) is 21.6. The van der Waals surface area contributed by atoms with Crippen LogP contribution in [-0.2, 0) is 17.8 Å². The van der Waals surface area contributed by atoms with Gasteiger partial charge in [0.1, 0.15) is 18.1 Å². The second-order valence-electron chi connectivity index (χ2n) is 8.88. The lowest BCUT2D eigenvalue weighted by Gasteiger charge is -2.33. The number of nitrogens with zero attached hydrogens (tertiary/aromatic N) is 2. The largest absolute Gasteiger partial charge is 0.497 e. The zero-order valence-electron chi connectivity index (χ0n) is 18.8. The molecule has 0 saturated carbocycles. The summed E-state index contributed by atoms with van der Waals surface area (Å²) in [6, 6.07) is 16.7. The molecule has 4 rings (SSSR count). The monoisotopic (exact) mass is 422 g/mol. The molecule has 2 aliphatic heterocycles. The molecule has 31 heavy (non-hydrogen) atoms. The summed E-state index contributed by atoms with van der Waals surface area (Å²) < 4.78 is 11.3. The molecular weight excluding hydrogens is 388 g/mol. The normalized spacial score (nSPS) is 19.9. The summed E-state index contributed by atoms with van der Waals surface area (Å²) in [6.07, 6.45) is 4.16. The molecule has 5 heteroatoms. The zero-order valence-corrected chi connectivity index (χ0v) is 18.8. The maximum atomic E-state index is 13.1. The molecule has 1 atom stereocenters. The summed E-state index contributed by atoms with van der Waals surface area (Å²) in [7, 11) is 1.66. The van der Waals surface area contributed by atoms with E-state index >= 15 is 0 Å². The van der Waals surface area contributed by atoms with Crippen LogP contribution < -0.4 is 9.47 Å². The number of benzene rings is 2. The molecule has 1 unspecified atom stereocenters. The number of fused-ring (bicyclic) bond motifs is 1. The summed E-state index contributed by atoms with van der Waals surface area (Å²) in [5.74, 6) is 2.60. The van der Waals surface area contributed by atoms with Crippen molar-refractivity contribution in [3.63, 3.8) is 0 Å². The average Bonchev–Trinajstić information content (AvgIpc) is 2.97. The highest BCUT2D eigenvalue weighted by atomic mass is 16.5. The van der Waals surface area contributed by atoms with E-state index < -0.39 is 0 Å². The van der Waals surface area contributed by atoms with Gasteiger partial charge in [-0.05, 0) is 69.0 Å². The number of hydrogen-bond acceptors (Lipinski definition) is 4. The Morgan fingerprint density at radius 3 is 2.65 bits per heavy atom. The van der Waals surface area contributed by atoms with E-state index in [2.05, 4.69) is 42.2 Å². The maximum Gasteiger partial charge on any atom is 0.224 e. The molecule has 0 radical (unpaired) electrons. The van der Waals surface area contributed by atoms with Crippen LogP contribution in [0.4, 0.5) is 0 Å². The fraction of sp³-hybridized carbons (Fsp3) is 0.500. The molecule has 1 fully saturated rings. The van der Waals surface area contributed by atoms with Crippen molar-refractivity contribution in [3.8, 4) is 11.5 Å². The molecule has 2 aromatic rings. The number of carbonyl (C=O) groups excluding carboxylic acids is 1. The van der Waals surface area contributed by atoms with E-state index in [0.29, 0.717) is 19.6 Å². The molecule has 0 N–H and O–H groups in total. The maximum absolute atomic E-state index is 13.1. The predicted molar refractivity (Wildman–Crippen MR) is 122 cm³/mol. The van der Waals surface area contributed by atoms with Crippen molar-refractivity contribution in [1.82, 2.24) is 9.80 Å². The number of methoxy groups -OCH3 is 1. The van der Waals surface area contributed by atoms with Gasteiger partial charge < -0.3 is 19.3 Å². The van der Waals surface area contributed by atoms with Crippen LogP contribution in [0.1, 0.15) is 37.3 Å². The summed E-state index contributed by atoms with van der Waals surface area (Å²) in [5.41, 5.74) is 2.45. The highest BCUT2D eigenvalue weighted by Crippen LogP contribution is 2.29. The Morgan fingerprint density at radius 1 is 1.13 bits per heavy atom. The first-order valence-electron chi connectivity index (χ1n) is 11.5. The first kappa shape index (κ1) is 21.7. The number of rotatable bonds is 6. The van der Waals surface area contributed by atoms with Crippen molar-refractivity contribution in [2.45, 2.75) is 45.2 Å². The van der Waals surface area contributed by atoms with Crippen molar-refractivity contribution >= 4 is 5.91 Å². The number of piperidine rings is 1. The van der Waals surface area contributed by atoms with Crippen molar-refractivity contribution in [3.05, 3.63) is 59.7 Å². The Kier molecular flexibility index (Phi) is 7.13. The van der Waals surface area contributed by atoms with Crippen molar-refractivity contribution in [2.75, 3.05) is 33.4 Å². The van der Waals surface area contributed by atoms with Crippen LogP contribution in [0.15, 0.2) is 48.5 Å². The van der Waals surface area contributed by atoms with Crippen LogP contribution in [0.2, 0.25) is 0 Å². The van der Waals surface area contributed by atoms with Gasteiger partial charge in [0.2, 0.25) is 5.91 Å². The van der Waals surface area contributed by atoms with Crippen LogP contribution in [0, 0.1) is 5.92 Å². The second kappa shape index (κ2) is 10.2. The lowest BCUT2D eigenvalue weighted by atomic mass is 9.90. The van der Waals surface area contributed by atoms with Gasteiger partial charge in [-0.3, -0.25) is 4.79 Å². The van der Waals surface area contributed by atoms with E-state index in [-0.39, 0.29) is 11.9 Å². The van der Waals surface area contributed by atoms with Crippen molar-refractivity contribution in [2.24, 2.45) is 5.92 Å². The molecule has 0 bridgehead atoms. The molecule has 1 amide bonds. The fourth-order valence-corrected chi connectivity index (χ4v) is 4.68. The topological polar surface area (TPSA) is 42.0 Å². The van der Waals surface area contributed by atoms with E-state index in [0.717, 1.165) is 42.6 Å². The number of likely N-dealkylation sites (tertiary alicyclic amines) is 1. The van der Waals surface area contributed by atoms with Gasteiger partial charge in [0.25, 0.3) is 0 Å². The number of hydrogen-bond donors (Lipinski definition) is 0. The molecule has 2 aliphatic rings. The van der Waals surface area contributed by atoms with E-state index in [1.165, 1.54) is 24.8 Å². The van der Waals surface area contributed by atoms with Crippen LogP contribution >= 0.6 is 0 Å². The van der Waals surface area contributed by atoms with Gasteiger partial charge in [0.05, 0.1) is 13.2 Å². The van der Waals surface area contributed by atoms with E-state index in [1.807, 2.05) is 23.1 Å².